The summed E-state index contributed by atoms with van der Waals surface area (Å²) in [5.74, 6) is -0.493. The maximum absolute atomic E-state index is 13.0. The molecule has 5 heteroatoms. The Bertz CT molecular complexity index is 394. The van der Waals surface area contributed by atoms with Gasteiger partial charge in [-0.05, 0) is 30.7 Å². The lowest BCUT2D eigenvalue weighted by molar-refractivity contribution is -0.117. The number of nitrogens with two attached hydrogens (primary N) is 1. The van der Waals surface area contributed by atoms with E-state index in [9.17, 15) is 9.18 Å². The normalized spacial score (nSPS) is 12.2. The fourth-order valence-corrected chi connectivity index (χ4v) is 1.62. The van der Waals surface area contributed by atoms with Crippen molar-refractivity contribution >= 4 is 23.2 Å². The summed E-state index contributed by atoms with van der Waals surface area (Å²) in [5, 5.41) is 2.90. The first-order valence-electron chi connectivity index (χ1n) is 5.51. The number of benzene rings is 1. The summed E-state index contributed by atoms with van der Waals surface area (Å²) in [6.07, 6.45) is 1.15. The van der Waals surface area contributed by atoms with Crippen molar-refractivity contribution < 1.29 is 9.18 Å². The quantitative estimate of drug-likeness (QED) is 0.853. The summed E-state index contributed by atoms with van der Waals surface area (Å²) in [4.78, 5) is 11.7. The Labute approximate surface area is 105 Å². The zero-order chi connectivity index (χ0) is 12.8. The van der Waals surface area contributed by atoms with Crippen LogP contribution in [0.25, 0.3) is 0 Å². The highest BCUT2D eigenvalue weighted by molar-refractivity contribution is 6.33. The third-order valence-corrected chi connectivity index (χ3v) is 2.92. The molecule has 0 aliphatic carbocycles. The predicted octanol–water partition coefficient (Wildman–Crippen LogP) is 2.79. The van der Waals surface area contributed by atoms with Gasteiger partial charge in [0.05, 0.1) is 10.7 Å². The van der Waals surface area contributed by atoms with Crippen molar-refractivity contribution in [2.45, 2.75) is 19.8 Å². The number of hydrogen-bond donors (Lipinski definition) is 2. The topological polar surface area (TPSA) is 55.1 Å². The number of hydrogen-bond acceptors (Lipinski definition) is 2. The lowest BCUT2D eigenvalue weighted by Gasteiger charge is -2.12. The maximum Gasteiger partial charge on any atom is 0.224 e. The molecule has 0 heterocycles. The number of rotatable bonds is 5. The summed E-state index contributed by atoms with van der Waals surface area (Å²) >= 11 is 5.84. The largest absolute Gasteiger partial charge is 0.330 e. The van der Waals surface area contributed by atoms with Crippen LogP contribution in [-0.2, 0) is 4.79 Å². The second-order valence-electron chi connectivity index (χ2n) is 3.89. The molecule has 1 aromatic rings. The van der Waals surface area contributed by atoms with Gasteiger partial charge in [-0.1, -0.05) is 24.9 Å². The molecule has 0 bridgehead atoms. The Morgan fingerprint density at radius 3 is 2.88 bits per heavy atom. The van der Waals surface area contributed by atoms with Crippen LogP contribution in [0.4, 0.5) is 10.1 Å². The van der Waals surface area contributed by atoms with Crippen LogP contribution in [0.2, 0.25) is 5.02 Å². The lowest BCUT2D eigenvalue weighted by Crippen LogP contribution is -2.21. The number of amides is 1. The van der Waals surface area contributed by atoms with Gasteiger partial charge < -0.3 is 11.1 Å². The first-order valence-corrected chi connectivity index (χ1v) is 5.89. The van der Waals surface area contributed by atoms with Gasteiger partial charge in [-0.3, -0.25) is 4.79 Å². The Morgan fingerprint density at radius 2 is 2.29 bits per heavy atom. The Balaban J connectivity index is 2.64. The summed E-state index contributed by atoms with van der Waals surface area (Å²) in [7, 11) is 0. The van der Waals surface area contributed by atoms with Gasteiger partial charge >= 0.3 is 0 Å². The molecular formula is C12H16ClFN2O. The third kappa shape index (κ3) is 4.32. The second kappa shape index (κ2) is 6.57. The van der Waals surface area contributed by atoms with Crippen LogP contribution >= 0.6 is 11.6 Å². The first-order chi connectivity index (χ1) is 8.06. The van der Waals surface area contributed by atoms with E-state index in [-0.39, 0.29) is 11.8 Å². The highest BCUT2D eigenvalue weighted by Crippen LogP contribution is 2.23. The van der Waals surface area contributed by atoms with Crippen molar-refractivity contribution in [2.75, 3.05) is 11.9 Å². The van der Waals surface area contributed by atoms with Crippen molar-refractivity contribution in [1.82, 2.24) is 0 Å². The molecule has 0 spiro atoms. The Kier molecular flexibility index (Phi) is 5.38. The third-order valence-electron chi connectivity index (χ3n) is 2.59. The van der Waals surface area contributed by atoms with Crippen molar-refractivity contribution in [1.29, 1.82) is 0 Å². The monoisotopic (exact) mass is 258 g/mol. The van der Waals surface area contributed by atoms with Crippen molar-refractivity contribution in [3.8, 4) is 0 Å². The van der Waals surface area contributed by atoms with Gasteiger partial charge in [0, 0.05) is 6.42 Å². The molecule has 17 heavy (non-hydrogen) atoms. The fraction of sp³-hybridized carbons (Fsp3) is 0.417. The smallest absolute Gasteiger partial charge is 0.224 e. The molecule has 1 aromatic carbocycles. The van der Waals surface area contributed by atoms with E-state index in [0.717, 1.165) is 6.42 Å². The van der Waals surface area contributed by atoms with E-state index in [1.54, 1.807) is 0 Å². The van der Waals surface area contributed by atoms with Crippen molar-refractivity contribution in [3.05, 3.63) is 29.0 Å². The molecule has 0 aliphatic rings. The predicted molar refractivity (Wildman–Crippen MR) is 67.5 cm³/mol. The molecule has 1 rings (SSSR count). The van der Waals surface area contributed by atoms with Crippen molar-refractivity contribution in [3.63, 3.8) is 0 Å². The van der Waals surface area contributed by atoms with Crippen LogP contribution in [0.1, 0.15) is 19.8 Å². The SMILES string of the molecule is CCC(CN)CC(=O)Nc1cc(F)ccc1Cl. The van der Waals surface area contributed by atoms with E-state index in [0.29, 0.717) is 23.7 Å². The van der Waals surface area contributed by atoms with Gasteiger partial charge in [0.15, 0.2) is 0 Å². The molecule has 0 aliphatic heterocycles. The molecule has 1 atom stereocenters. The molecule has 0 radical (unpaired) electrons. The molecule has 3 N–H and O–H groups in total. The summed E-state index contributed by atoms with van der Waals surface area (Å²) in [6, 6.07) is 3.85. The van der Waals surface area contributed by atoms with Crippen LogP contribution in [0.5, 0.6) is 0 Å². The Hall–Kier alpha value is -1.13. The fourth-order valence-electron chi connectivity index (χ4n) is 1.45. The molecule has 1 unspecified atom stereocenters. The van der Waals surface area contributed by atoms with Crippen LogP contribution in [0.3, 0.4) is 0 Å². The molecule has 0 saturated heterocycles. The highest BCUT2D eigenvalue weighted by Gasteiger charge is 2.12. The average molecular weight is 259 g/mol. The average Bonchev–Trinajstić information content (AvgIpc) is 2.31. The maximum atomic E-state index is 13.0. The standard InChI is InChI=1S/C12H16ClFN2O/c1-2-8(7-15)5-12(17)16-11-6-9(14)3-4-10(11)13/h3-4,6,8H,2,5,7,15H2,1H3,(H,16,17). The molecule has 94 valence electrons. The van der Waals surface area contributed by atoms with Crippen LogP contribution in [0, 0.1) is 11.7 Å². The van der Waals surface area contributed by atoms with Crippen LogP contribution in [0.15, 0.2) is 18.2 Å². The molecule has 0 aromatic heterocycles. The summed E-state index contributed by atoms with van der Waals surface area (Å²) < 4.78 is 13.0. The van der Waals surface area contributed by atoms with E-state index in [2.05, 4.69) is 5.32 Å². The van der Waals surface area contributed by atoms with E-state index in [4.69, 9.17) is 17.3 Å². The number of halogens is 2. The van der Waals surface area contributed by atoms with Gasteiger partial charge in [-0.2, -0.15) is 0 Å². The van der Waals surface area contributed by atoms with E-state index >= 15 is 0 Å². The Morgan fingerprint density at radius 1 is 1.59 bits per heavy atom. The van der Waals surface area contributed by atoms with Gasteiger partial charge in [-0.15, -0.1) is 0 Å². The zero-order valence-electron chi connectivity index (χ0n) is 9.67. The lowest BCUT2D eigenvalue weighted by atomic mass is 10.0. The number of nitrogens with one attached hydrogen (secondary N) is 1. The molecule has 3 nitrogen and oxygen atoms in total. The molecule has 1 amide bonds. The first kappa shape index (κ1) is 13.9. The van der Waals surface area contributed by atoms with Crippen LogP contribution in [-0.4, -0.2) is 12.5 Å². The number of carbonyl (C=O) groups excluding carboxylic acids is 1. The highest BCUT2D eigenvalue weighted by atomic mass is 35.5. The summed E-state index contributed by atoms with van der Waals surface area (Å²) in [5.41, 5.74) is 5.81. The zero-order valence-corrected chi connectivity index (χ0v) is 10.4. The van der Waals surface area contributed by atoms with E-state index in [1.165, 1.54) is 18.2 Å². The minimum absolute atomic E-state index is 0.141. The van der Waals surface area contributed by atoms with Gasteiger partial charge in [0.2, 0.25) is 5.91 Å². The number of carbonyl (C=O) groups is 1. The van der Waals surface area contributed by atoms with E-state index in [1.807, 2.05) is 6.92 Å². The van der Waals surface area contributed by atoms with Gasteiger partial charge in [0.1, 0.15) is 5.82 Å². The molecule has 0 saturated carbocycles. The number of anilines is 1. The van der Waals surface area contributed by atoms with Crippen LogP contribution < -0.4 is 11.1 Å². The van der Waals surface area contributed by atoms with Crippen molar-refractivity contribution in [2.24, 2.45) is 11.7 Å². The second-order valence-corrected chi connectivity index (χ2v) is 4.29. The minimum atomic E-state index is -0.435. The summed E-state index contributed by atoms with van der Waals surface area (Å²) in [6.45, 7) is 2.43. The van der Waals surface area contributed by atoms with E-state index < -0.39 is 5.82 Å². The minimum Gasteiger partial charge on any atom is -0.330 e. The van der Waals surface area contributed by atoms with Gasteiger partial charge in [0.25, 0.3) is 0 Å². The molecular weight excluding hydrogens is 243 g/mol. The molecule has 0 fully saturated rings. The van der Waals surface area contributed by atoms with Gasteiger partial charge in [-0.25, -0.2) is 4.39 Å².